The first-order valence-electron chi connectivity index (χ1n) is 6.60. The zero-order chi connectivity index (χ0) is 13.5. The summed E-state index contributed by atoms with van der Waals surface area (Å²) >= 11 is 0. The summed E-state index contributed by atoms with van der Waals surface area (Å²) in [4.78, 5) is 0. The highest BCUT2D eigenvalue weighted by Crippen LogP contribution is 2.26. The minimum absolute atomic E-state index is 0.244. The summed E-state index contributed by atoms with van der Waals surface area (Å²) in [6.07, 6.45) is 1.82. The lowest BCUT2D eigenvalue weighted by Crippen LogP contribution is -2.29. The van der Waals surface area contributed by atoms with Crippen LogP contribution in [-0.4, -0.2) is 24.9 Å². The predicted molar refractivity (Wildman–Crippen MR) is 75.1 cm³/mol. The summed E-state index contributed by atoms with van der Waals surface area (Å²) in [5.74, 6) is 0.926. The third-order valence-electron chi connectivity index (χ3n) is 3.18. The fourth-order valence-corrected chi connectivity index (χ4v) is 2.19. The average molecular weight is 251 g/mol. The largest absolute Gasteiger partial charge is 0.496 e. The highest BCUT2D eigenvalue weighted by Gasteiger charge is 2.13. The van der Waals surface area contributed by atoms with Gasteiger partial charge in [-0.05, 0) is 39.7 Å². The topological polar surface area (TPSA) is 41.5 Å². The van der Waals surface area contributed by atoms with E-state index in [1.807, 2.05) is 6.07 Å². The molecule has 0 saturated carbocycles. The van der Waals surface area contributed by atoms with Crippen LogP contribution in [0.2, 0.25) is 0 Å². The van der Waals surface area contributed by atoms with E-state index in [0.717, 1.165) is 18.6 Å². The zero-order valence-corrected chi connectivity index (χ0v) is 11.9. The molecule has 2 atom stereocenters. The first-order valence-corrected chi connectivity index (χ1v) is 6.60. The van der Waals surface area contributed by atoms with Gasteiger partial charge in [0.1, 0.15) is 5.75 Å². The molecule has 102 valence electrons. The number of ether oxygens (including phenoxy) is 1. The van der Waals surface area contributed by atoms with E-state index in [4.69, 9.17) is 9.84 Å². The van der Waals surface area contributed by atoms with Gasteiger partial charge in [-0.15, -0.1) is 0 Å². The number of hydrogen-bond acceptors (Lipinski definition) is 3. The van der Waals surface area contributed by atoms with Gasteiger partial charge in [-0.2, -0.15) is 0 Å². The van der Waals surface area contributed by atoms with E-state index >= 15 is 0 Å². The van der Waals surface area contributed by atoms with Crippen LogP contribution in [0, 0.1) is 6.92 Å². The number of aryl methyl sites for hydroxylation is 1. The van der Waals surface area contributed by atoms with Crippen molar-refractivity contribution in [3.63, 3.8) is 0 Å². The molecule has 3 heteroatoms. The third-order valence-corrected chi connectivity index (χ3v) is 3.18. The lowest BCUT2D eigenvalue weighted by Gasteiger charge is -2.22. The molecule has 1 rings (SSSR count). The molecule has 0 saturated heterocycles. The van der Waals surface area contributed by atoms with Gasteiger partial charge in [-0.3, -0.25) is 0 Å². The maximum absolute atomic E-state index is 8.84. The van der Waals surface area contributed by atoms with Crippen molar-refractivity contribution in [2.75, 3.05) is 13.7 Å². The van der Waals surface area contributed by atoms with Crippen LogP contribution in [0.5, 0.6) is 5.75 Å². The highest BCUT2D eigenvalue weighted by molar-refractivity contribution is 5.38. The van der Waals surface area contributed by atoms with Gasteiger partial charge in [0, 0.05) is 24.3 Å². The molecular weight excluding hydrogens is 226 g/mol. The maximum atomic E-state index is 8.84. The molecule has 2 N–H and O–H groups in total. The summed E-state index contributed by atoms with van der Waals surface area (Å²) < 4.78 is 5.40. The minimum Gasteiger partial charge on any atom is -0.496 e. The van der Waals surface area contributed by atoms with E-state index in [1.165, 1.54) is 11.1 Å². The van der Waals surface area contributed by atoms with Crippen molar-refractivity contribution in [1.29, 1.82) is 0 Å². The average Bonchev–Trinajstić information content (AvgIpc) is 2.36. The lowest BCUT2D eigenvalue weighted by molar-refractivity contribution is 0.274. The van der Waals surface area contributed by atoms with E-state index in [-0.39, 0.29) is 12.6 Å². The van der Waals surface area contributed by atoms with Crippen LogP contribution in [0.1, 0.15) is 43.9 Å². The number of benzene rings is 1. The normalized spacial score (nSPS) is 14.3. The Morgan fingerprint density at radius 2 is 2.06 bits per heavy atom. The molecule has 0 amide bonds. The Morgan fingerprint density at radius 3 is 2.67 bits per heavy atom. The fourth-order valence-electron chi connectivity index (χ4n) is 2.19. The van der Waals surface area contributed by atoms with Crippen molar-refractivity contribution in [2.45, 2.75) is 45.7 Å². The van der Waals surface area contributed by atoms with Crippen molar-refractivity contribution in [3.8, 4) is 5.75 Å². The van der Waals surface area contributed by atoms with Crippen molar-refractivity contribution in [3.05, 3.63) is 29.3 Å². The third kappa shape index (κ3) is 4.31. The van der Waals surface area contributed by atoms with Gasteiger partial charge in [-0.1, -0.05) is 17.7 Å². The predicted octanol–water partition coefficient (Wildman–Crippen LogP) is 2.82. The van der Waals surface area contributed by atoms with Crippen molar-refractivity contribution < 1.29 is 9.84 Å². The van der Waals surface area contributed by atoms with Gasteiger partial charge in [0.2, 0.25) is 0 Å². The van der Waals surface area contributed by atoms with Gasteiger partial charge in [0.05, 0.1) is 7.11 Å². The Balaban J connectivity index is 2.70. The maximum Gasteiger partial charge on any atom is 0.123 e. The highest BCUT2D eigenvalue weighted by atomic mass is 16.5. The summed E-state index contributed by atoms with van der Waals surface area (Å²) in [6, 6.07) is 6.87. The summed E-state index contributed by atoms with van der Waals surface area (Å²) in [6.45, 7) is 6.64. The van der Waals surface area contributed by atoms with E-state index < -0.39 is 0 Å². The molecule has 0 aliphatic carbocycles. The molecule has 0 aliphatic heterocycles. The molecule has 0 aromatic heterocycles. The van der Waals surface area contributed by atoms with Crippen LogP contribution < -0.4 is 10.1 Å². The second-order valence-corrected chi connectivity index (χ2v) is 4.90. The summed E-state index contributed by atoms with van der Waals surface area (Å²) in [5.41, 5.74) is 2.43. The quantitative estimate of drug-likeness (QED) is 0.783. The Kier molecular flexibility index (Phi) is 6.16. The van der Waals surface area contributed by atoms with E-state index in [1.54, 1.807) is 7.11 Å². The molecular formula is C15H25NO2. The second kappa shape index (κ2) is 7.39. The van der Waals surface area contributed by atoms with Crippen molar-refractivity contribution in [2.24, 2.45) is 0 Å². The van der Waals surface area contributed by atoms with Crippen LogP contribution in [0.3, 0.4) is 0 Å². The SMILES string of the molecule is COc1ccc(C)cc1C(C)NC(C)CCCO. The van der Waals surface area contributed by atoms with Crippen LogP contribution in [-0.2, 0) is 0 Å². The summed E-state index contributed by atoms with van der Waals surface area (Å²) in [7, 11) is 1.70. The van der Waals surface area contributed by atoms with Crippen LogP contribution in [0.25, 0.3) is 0 Å². The number of rotatable bonds is 7. The Hall–Kier alpha value is -1.06. The van der Waals surface area contributed by atoms with E-state index in [0.29, 0.717) is 6.04 Å². The van der Waals surface area contributed by atoms with E-state index in [2.05, 4.69) is 38.2 Å². The van der Waals surface area contributed by atoms with Gasteiger partial charge < -0.3 is 15.2 Å². The molecule has 1 aromatic carbocycles. The minimum atomic E-state index is 0.244. The van der Waals surface area contributed by atoms with Crippen LogP contribution in [0.15, 0.2) is 18.2 Å². The lowest BCUT2D eigenvalue weighted by atomic mass is 10.0. The molecule has 0 fully saturated rings. The van der Waals surface area contributed by atoms with Crippen LogP contribution in [0.4, 0.5) is 0 Å². The molecule has 0 spiro atoms. The van der Waals surface area contributed by atoms with Gasteiger partial charge in [-0.25, -0.2) is 0 Å². The smallest absolute Gasteiger partial charge is 0.123 e. The van der Waals surface area contributed by atoms with Gasteiger partial charge >= 0.3 is 0 Å². The molecule has 1 aromatic rings. The molecule has 0 heterocycles. The molecule has 2 unspecified atom stereocenters. The van der Waals surface area contributed by atoms with E-state index in [9.17, 15) is 0 Å². The Bertz CT molecular complexity index is 366. The molecule has 0 radical (unpaired) electrons. The number of methoxy groups -OCH3 is 1. The Labute approximate surface area is 110 Å². The monoisotopic (exact) mass is 251 g/mol. The first kappa shape index (κ1) is 15.0. The number of aliphatic hydroxyl groups excluding tert-OH is 1. The summed E-state index contributed by atoms with van der Waals surface area (Å²) in [5, 5.41) is 12.4. The number of nitrogens with one attached hydrogen (secondary N) is 1. The molecule has 18 heavy (non-hydrogen) atoms. The Morgan fingerprint density at radius 1 is 1.33 bits per heavy atom. The number of aliphatic hydroxyl groups is 1. The standard InChI is InChI=1S/C15H25NO2/c1-11-7-8-15(18-4)14(10-11)13(3)16-12(2)6-5-9-17/h7-8,10,12-13,16-17H,5-6,9H2,1-4H3. The van der Waals surface area contributed by atoms with Crippen LogP contribution >= 0.6 is 0 Å². The van der Waals surface area contributed by atoms with Gasteiger partial charge in [0.15, 0.2) is 0 Å². The molecule has 3 nitrogen and oxygen atoms in total. The number of hydrogen-bond donors (Lipinski definition) is 2. The van der Waals surface area contributed by atoms with Gasteiger partial charge in [0.25, 0.3) is 0 Å². The molecule has 0 bridgehead atoms. The second-order valence-electron chi connectivity index (χ2n) is 4.90. The van der Waals surface area contributed by atoms with Crippen molar-refractivity contribution >= 4 is 0 Å². The van der Waals surface area contributed by atoms with Crippen molar-refractivity contribution in [1.82, 2.24) is 5.32 Å². The molecule has 0 aliphatic rings. The zero-order valence-electron chi connectivity index (χ0n) is 11.9. The fraction of sp³-hybridized carbons (Fsp3) is 0.600. The first-order chi connectivity index (χ1) is 8.58.